The quantitative estimate of drug-likeness (QED) is 0.247. The fourth-order valence-corrected chi connectivity index (χ4v) is 6.46. The maximum atomic E-state index is 13.8. The Balaban J connectivity index is 1.70. The van der Waals surface area contributed by atoms with Crippen LogP contribution in [0, 0.1) is 25.7 Å². The van der Waals surface area contributed by atoms with Gasteiger partial charge >= 0.3 is 0 Å². The van der Waals surface area contributed by atoms with Gasteiger partial charge in [0.15, 0.2) is 0 Å². The molecule has 2 amide bonds. The summed E-state index contributed by atoms with van der Waals surface area (Å²) in [5.74, 6) is 1.38. The number of carbonyl (C=O) groups is 2. The number of amides is 2. The molecule has 0 radical (unpaired) electrons. The molecule has 1 fully saturated rings. The number of carbonyl (C=O) groups excluding carboxylic acids is 2. The van der Waals surface area contributed by atoms with E-state index in [1.54, 1.807) is 0 Å². The fraction of sp³-hybridized carbons (Fsp3) is 0.667. The lowest BCUT2D eigenvalue weighted by atomic mass is 9.87. The zero-order valence-corrected chi connectivity index (χ0v) is 27.4. The van der Waals surface area contributed by atoms with Crippen LogP contribution in [0.15, 0.2) is 41.5 Å². The first kappa shape index (κ1) is 34.1. The van der Waals surface area contributed by atoms with Crippen molar-refractivity contribution in [2.45, 2.75) is 111 Å². The number of nitrogens with one attached hydrogen (secondary N) is 1. The summed E-state index contributed by atoms with van der Waals surface area (Å²) < 4.78 is 0. The molecule has 1 aromatic carbocycles. The number of rotatable bonds is 15. The van der Waals surface area contributed by atoms with Crippen LogP contribution in [0.4, 0.5) is 0 Å². The predicted molar refractivity (Wildman–Crippen MR) is 175 cm³/mol. The lowest BCUT2D eigenvalue weighted by Crippen LogP contribution is -2.61. The first-order valence-corrected chi connectivity index (χ1v) is 16.5. The molecule has 1 aliphatic carbocycles. The summed E-state index contributed by atoms with van der Waals surface area (Å²) in [4.78, 5) is 31.9. The van der Waals surface area contributed by atoms with Crippen molar-refractivity contribution in [2.24, 2.45) is 17.6 Å². The van der Waals surface area contributed by atoms with Gasteiger partial charge in [0.1, 0.15) is 0 Å². The zero-order valence-electron chi connectivity index (χ0n) is 27.4. The standard InChI is InChI=1S/C36H58N4O2/c1-26(2)21-34-25-39(35(41)16-14-31-12-10-27(3)29(5)22-31)33(9-7-8-19-38-20-18-37)24-40(34)36(42)17-15-32-13-11-28(4)30(6)23-32/h10-13,23,26,31,33-34,38H,7-9,14-22,24-25,37H2,1-6H3/t31?,33-,34+/m0/s1. The topological polar surface area (TPSA) is 78.7 Å². The Labute approximate surface area is 256 Å². The number of allylic oxidation sites excluding steroid dienone is 4. The Morgan fingerprint density at radius 1 is 0.929 bits per heavy atom. The van der Waals surface area contributed by atoms with Crippen molar-refractivity contribution in [3.05, 3.63) is 58.2 Å². The minimum atomic E-state index is 0.0751. The maximum Gasteiger partial charge on any atom is 0.223 e. The van der Waals surface area contributed by atoms with Crippen LogP contribution >= 0.6 is 0 Å². The fourth-order valence-electron chi connectivity index (χ4n) is 6.46. The number of nitrogens with zero attached hydrogens (tertiary/aromatic N) is 2. The van der Waals surface area contributed by atoms with Crippen LogP contribution in [0.3, 0.4) is 0 Å². The lowest BCUT2D eigenvalue weighted by Gasteiger charge is -2.47. The van der Waals surface area contributed by atoms with E-state index in [2.05, 4.69) is 87.0 Å². The van der Waals surface area contributed by atoms with Crippen molar-refractivity contribution in [2.75, 3.05) is 32.7 Å². The number of hydrogen-bond acceptors (Lipinski definition) is 4. The molecule has 3 atom stereocenters. The van der Waals surface area contributed by atoms with Gasteiger partial charge in [-0.1, -0.05) is 61.8 Å². The van der Waals surface area contributed by atoms with Gasteiger partial charge in [0.25, 0.3) is 0 Å². The van der Waals surface area contributed by atoms with Crippen LogP contribution in [0.5, 0.6) is 0 Å². The number of piperazine rings is 1. The molecule has 1 unspecified atom stereocenters. The summed E-state index contributed by atoms with van der Waals surface area (Å²) in [5.41, 5.74) is 12.2. The molecule has 1 saturated heterocycles. The summed E-state index contributed by atoms with van der Waals surface area (Å²) in [6.45, 7) is 16.8. The Morgan fingerprint density at radius 3 is 2.33 bits per heavy atom. The third-order valence-electron chi connectivity index (χ3n) is 9.33. The van der Waals surface area contributed by atoms with Gasteiger partial charge in [-0.25, -0.2) is 0 Å². The first-order chi connectivity index (χ1) is 20.1. The van der Waals surface area contributed by atoms with Crippen LogP contribution in [-0.2, 0) is 16.0 Å². The van der Waals surface area contributed by atoms with E-state index >= 15 is 0 Å². The molecular formula is C36H58N4O2. The van der Waals surface area contributed by atoms with Gasteiger partial charge in [-0.05, 0) is 101 Å². The molecule has 0 aromatic heterocycles. The first-order valence-electron chi connectivity index (χ1n) is 16.5. The van der Waals surface area contributed by atoms with Crippen molar-refractivity contribution in [3.8, 4) is 0 Å². The SMILES string of the molecule is CC1=C(C)CC(CCC(=O)N2C[C@@H](CC(C)C)N(C(=O)CCc3ccc(C)c(C)c3)C[C@@H]2CCCCNCCN)C=C1. The van der Waals surface area contributed by atoms with Crippen LogP contribution in [0.25, 0.3) is 0 Å². The highest BCUT2D eigenvalue weighted by atomic mass is 16.2. The highest BCUT2D eigenvalue weighted by molar-refractivity contribution is 5.79. The minimum Gasteiger partial charge on any atom is -0.336 e. The molecule has 0 saturated carbocycles. The zero-order chi connectivity index (χ0) is 30.6. The Kier molecular flexibility index (Phi) is 13.8. The van der Waals surface area contributed by atoms with Gasteiger partial charge in [0.05, 0.1) is 0 Å². The number of nitrogens with two attached hydrogens (primary N) is 1. The molecule has 0 bridgehead atoms. The Morgan fingerprint density at radius 2 is 1.64 bits per heavy atom. The molecule has 1 heterocycles. The molecule has 2 aliphatic rings. The maximum absolute atomic E-state index is 13.8. The van der Waals surface area contributed by atoms with E-state index in [9.17, 15) is 9.59 Å². The number of unbranched alkanes of at least 4 members (excludes halogenated alkanes) is 1. The molecule has 6 nitrogen and oxygen atoms in total. The van der Waals surface area contributed by atoms with E-state index in [0.717, 1.165) is 58.0 Å². The molecule has 42 heavy (non-hydrogen) atoms. The molecule has 234 valence electrons. The molecule has 1 aliphatic heterocycles. The highest BCUT2D eigenvalue weighted by Crippen LogP contribution is 2.29. The van der Waals surface area contributed by atoms with Gasteiger partial charge in [0, 0.05) is 51.1 Å². The van der Waals surface area contributed by atoms with Crippen LogP contribution in [0.2, 0.25) is 0 Å². The monoisotopic (exact) mass is 578 g/mol. The molecule has 3 N–H and O–H groups in total. The molecule has 1 aromatic rings. The second-order valence-corrected chi connectivity index (χ2v) is 13.3. The van der Waals surface area contributed by atoms with Crippen molar-refractivity contribution in [1.29, 1.82) is 0 Å². The van der Waals surface area contributed by atoms with Crippen LogP contribution in [-0.4, -0.2) is 66.4 Å². The number of hydrogen-bond donors (Lipinski definition) is 2. The van der Waals surface area contributed by atoms with E-state index < -0.39 is 0 Å². The van der Waals surface area contributed by atoms with E-state index in [0.29, 0.717) is 44.3 Å². The third-order valence-corrected chi connectivity index (χ3v) is 9.33. The van der Waals surface area contributed by atoms with Crippen molar-refractivity contribution in [3.63, 3.8) is 0 Å². The second-order valence-electron chi connectivity index (χ2n) is 13.3. The summed E-state index contributed by atoms with van der Waals surface area (Å²) in [6.07, 6.45) is 12.2. The lowest BCUT2D eigenvalue weighted by molar-refractivity contribution is -0.148. The van der Waals surface area contributed by atoms with E-state index in [1.807, 2.05) is 0 Å². The van der Waals surface area contributed by atoms with Gasteiger partial charge in [-0.2, -0.15) is 0 Å². The smallest absolute Gasteiger partial charge is 0.223 e. The molecule has 6 heteroatoms. The average Bonchev–Trinajstić information content (AvgIpc) is 2.95. The van der Waals surface area contributed by atoms with E-state index in [-0.39, 0.29) is 23.9 Å². The van der Waals surface area contributed by atoms with Gasteiger partial charge in [-0.3, -0.25) is 9.59 Å². The minimum absolute atomic E-state index is 0.0751. The number of aryl methyl sites for hydroxylation is 3. The van der Waals surface area contributed by atoms with Gasteiger partial charge < -0.3 is 20.9 Å². The van der Waals surface area contributed by atoms with Gasteiger partial charge in [0.2, 0.25) is 11.8 Å². The van der Waals surface area contributed by atoms with E-state index in [4.69, 9.17) is 5.73 Å². The average molecular weight is 579 g/mol. The third kappa shape index (κ3) is 10.4. The highest BCUT2D eigenvalue weighted by Gasteiger charge is 2.38. The van der Waals surface area contributed by atoms with Crippen LogP contribution in [0.1, 0.15) is 95.8 Å². The van der Waals surface area contributed by atoms with E-state index in [1.165, 1.54) is 27.8 Å². The van der Waals surface area contributed by atoms with Crippen molar-refractivity contribution in [1.82, 2.24) is 15.1 Å². The predicted octanol–water partition coefficient (Wildman–Crippen LogP) is 6.10. The molecular weight excluding hydrogens is 520 g/mol. The normalized spacial score (nSPS) is 21.0. The summed E-state index contributed by atoms with van der Waals surface area (Å²) >= 11 is 0. The summed E-state index contributed by atoms with van der Waals surface area (Å²) in [5, 5.41) is 3.39. The largest absolute Gasteiger partial charge is 0.336 e. The second kappa shape index (κ2) is 17.0. The Hall–Kier alpha value is -2.44. The van der Waals surface area contributed by atoms with Crippen molar-refractivity contribution < 1.29 is 9.59 Å². The van der Waals surface area contributed by atoms with Crippen molar-refractivity contribution >= 4 is 11.8 Å². The van der Waals surface area contributed by atoms with Gasteiger partial charge in [-0.15, -0.1) is 0 Å². The molecule has 0 spiro atoms. The summed E-state index contributed by atoms with van der Waals surface area (Å²) in [6, 6.07) is 6.67. The summed E-state index contributed by atoms with van der Waals surface area (Å²) in [7, 11) is 0. The number of benzene rings is 1. The molecule has 3 rings (SSSR count). The Bertz CT molecular complexity index is 1090. The van der Waals surface area contributed by atoms with Crippen LogP contribution < -0.4 is 11.1 Å².